The van der Waals surface area contributed by atoms with Crippen molar-refractivity contribution in [3.05, 3.63) is 60.2 Å². The number of aliphatic imine (C=N–C) groups is 1. The van der Waals surface area contributed by atoms with E-state index in [0.29, 0.717) is 19.0 Å². The molecule has 2 unspecified atom stereocenters. The molecule has 0 aromatic heterocycles. The first-order chi connectivity index (χ1) is 15.6. The molecule has 4 rings (SSSR count). The zero-order valence-electron chi connectivity index (χ0n) is 19.5. The number of fused-ring (bicyclic) bond motifs is 1. The van der Waals surface area contributed by atoms with Crippen molar-refractivity contribution in [3.63, 3.8) is 0 Å². The number of halogens is 1. The summed E-state index contributed by atoms with van der Waals surface area (Å²) < 4.78 is 0. The Morgan fingerprint density at radius 2 is 1.76 bits per heavy atom. The number of para-hydroxylation sites is 2. The molecular formula is C25H35IN6O. The average molecular weight is 563 g/mol. The van der Waals surface area contributed by atoms with Crippen LogP contribution in [0, 0.1) is 0 Å². The van der Waals surface area contributed by atoms with Gasteiger partial charge in [-0.25, -0.2) is 0 Å². The molecule has 7 nitrogen and oxygen atoms in total. The van der Waals surface area contributed by atoms with E-state index in [1.165, 1.54) is 11.3 Å². The molecule has 2 atom stereocenters. The maximum Gasteiger partial charge on any atom is 0.225 e. The molecular weight excluding hydrogens is 527 g/mol. The summed E-state index contributed by atoms with van der Waals surface area (Å²) in [5.74, 6) is 0.993. The Bertz CT molecular complexity index is 930. The Labute approximate surface area is 214 Å². The second kappa shape index (κ2) is 12.2. The lowest BCUT2D eigenvalue weighted by atomic mass is 9.90. The lowest BCUT2D eigenvalue weighted by Crippen LogP contribution is -2.53. The van der Waals surface area contributed by atoms with Gasteiger partial charge in [0.25, 0.3) is 0 Å². The molecule has 3 N–H and O–H groups in total. The minimum Gasteiger partial charge on any atom is -0.369 e. The quantitative estimate of drug-likeness (QED) is 0.287. The number of hydrogen-bond donors (Lipinski definition) is 3. The van der Waals surface area contributed by atoms with Crippen molar-refractivity contribution in [2.45, 2.75) is 25.3 Å². The van der Waals surface area contributed by atoms with Crippen molar-refractivity contribution in [3.8, 4) is 0 Å². The summed E-state index contributed by atoms with van der Waals surface area (Å²) in [6.07, 6.45) is 0.489. The normalized spacial score (nSPS) is 19.7. The fraction of sp³-hybridized carbons (Fsp3) is 0.440. The SMILES string of the molecule is CN=C(NCC1CC(=O)Nc2ccccc21)NCC(C)N1CCN(c2ccccc2)CC1.I. The summed E-state index contributed by atoms with van der Waals surface area (Å²) in [6, 6.07) is 19.1. The first-order valence-electron chi connectivity index (χ1n) is 11.5. The van der Waals surface area contributed by atoms with Crippen molar-refractivity contribution >= 4 is 47.2 Å². The van der Waals surface area contributed by atoms with E-state index < -0.39 is 0 Å². The maximum absolute atomic E-state index is 12.1. The minimum atomic E-state index is 0. The predicted molar refractivity (Wildman–Crippen MR) is 147 cm³/mol. The molecule has 1 amide bonds. The topological polar surface area (TPSA) is 72.0 Å². The first-order valence-corrected chi connectivity index (χ1v) is 11.5. The molecule has 0 spiro atoms. The molecule has 2 heterocycles. The summed E-state index contributed by atoms with van der Waals surface area (Å²) in [5, 5.41) is 9.85. The molecule has 33 heavy (non-hydrogen) atoms. The fourth-order valence-electron chi connectivity index (χ4n) is 4.56. The van der Waals surface area contributed by atoms with Crippen LogP contribution in [-0.4, -0.2) is 69.1 Å². The van der Waals surface area contributed by atoms with Crippen molar-refractivity contribution in [1.29, 1.82) is 0 Å². The number of guanidine groups is 1. The molecule has 8 heteroatoms. The van der Waals surface area contributed by atoms with Crippen LogP contribution >= 0.6 is 24.0 Å². The van der Waals surface area contributed by atoms with Gasteiger partial charge in [0.05, 0.1) is 0 Å². The van der Waals surface area contributed by atoms with E-state index >= 15 is 0 Å². The number of benzene rings is 2. The second-order valence-electron chi connectivity index (χ2n) is 8.58. The van der Waals surface area contributed by atoms with Gasteiger partial charge in [-0.2, -0.15) is 0 Å². The van der Waals surface area contributed by atoms with Gasteiger partial charge in [0.2, 0.25) is 5.91 Å². The van der Waals surface area contributed by atoms with Crippen molar-refractivity contribution in [2.75, 3.05) is 56.5 Å². The van der Waals surface area contributed by atoms with Gasteiger partial charge in [-0.1, -0.05) is 36.4 Å². The largest absolute Gasteiger partial charge is 0.369 e. The van der Waals surface area contributed by atoms with E-state index in [1.807, 2.05) is 18.2 Å². The molecule has 1 saturated heterocycles. The zero-order chi connectivity index (χ0) is 22.3. The molecule has 0 radical (unpaired) electrons. The van der Waals surface area contributed by atoms with Crippen LogP contribution in [0.3, 0.4) is 0 Å². The van der Waals surface area contributed by atoms with E-state index in [-0.39, 0.29) is 35.8 Å². The van der Waals surface area contributed by atoms with Crippen LogP contribution in [0.1, 0.15) is 24.8 Å². The van der Waals surface area contributed by atoms with Gasteiger partial charge in [0.15, 0.2) is 5.96 Å². The number of hydrogen-bond acceptors (Lipinski definition) is 4. The second-order valence-corrected chi connectivity index (χ2v) is 8.58. The van der Waals surface area contributed by atoms with Crippen LogP contribution < -0.4 is 20.9 Å². The number of carbonyl (C=O) groups is 1. The van der Waals surface area contributed by atoms with E-state index in [2.05, 4.69) is 74.1 Å². The van der Waals surface area contributed by atoms with E-state index in [1.54, 1.807) is 7.05 Å². The summed E-state index contributed by atoms with van der Waals surface area (Å²) in [7, 11) is 1.79. The third-order valence-electron chi connectivity index (χ3n) is 6.47. The van der Waals surface area contributed by atoms with Gasteiger partial charge in [-0.15, -0.1) is 24.0 Å². The Kier molecular flexibility index (Phi) is 9.37. The number of nitrogens with one attached hydrogen (secondary N) is 3. The molecule has 2 aliphatic heterocycles. The van der Waals surface area contributed by atoms with E-state index in [0.717, 1.165) is 44.4 Å². The summed E-state index contributed by atoms with van der Waals surface area (Å²) in [4.78, 5) is 21.4. The highest BCUT2D eigenvalue weighted by Crippen LogP contribution is 2.31. The number of piperazine rings is 1. The highest BCUT2D eigenvalue weighted by Gasteiger charge is 2.25. The lowest BCUT2D eigenvalue weighted by Gasteiger charge is -2.39. The predicted octanol–water partition coefficient (Wildman–Crippen LogP) is 3.11. The molecule has 0 saturated carbocycles. The number of amides is 1. The lowest BCUT2D eigenvalue weighted by molar-refractivity contribution is -0.116. The van der Waals surface area contributed by atoms with Gasteiger partial charge in [-0.3, -0.25) is 14.7 Å². The Balaban J connectivity index is 0.00000306. The smallest absolute Gasteiger partial charge is 0.225 e. The summed E-state index contributed by atoms with van der Waals surface area (Å²) >= 11 is 0. The number of carbonyl (C=O) groups excluding carboxylic acids is 1. The minimum absolute atomic E-state index is 0. The highest BCUT2D eigenvalue weighted by atomic mass is 127. The molecule has 2 aliphatic rings. The van der Waals surface area contributed by atoms with Crippen LogP contribution in [0.4, 0.5) is 11.4 Å². The fourth-order valence-corrected chi connectivity index (χ4v) is 4.56. The first kappa shape index (κ1) is 25.3. The van der Waals surface area contributed by atoms with Crippen LogP contribution in [-0.2, 0) is 4.79 Å². The van der Waals surface area contributed by atoms with Crippen molar-refractivity contribution < 1.29 is 4.79 Å². The van der Waals surface area contributed by atoms with Gasteiger partial charge in [-0.05, 0) is 30.7 Å². The van der Waals surface area contributed by atoms with Crippen LogP contribution in [0.15, 0.2) is 59.6 Å². The maximum atomic E-state index is 12.1. The third-order valence-corrected chi connectivity index (χ3v) is 6.47. The zero-order valence-corrected chi connectivity index (χ0v) is 21.8. The van der Waals surface area contributed by atoms with Gasteiger partial charge in [0.1, 0.15) is 0 Å². The molecule has 178 valence electrons. The Hall–Kier alpha value is -2.33. The van der Waals surface area contributed by atoms with Gasteiger partial charge < -0.3 is 20.9 Å². The van der Waals surface area contributed by atoms with Crippen molar-refractivity contribution in [1.82, 2.24) is 15.5 Å². The Morgan fingerprint density at radius 1 is 1.06 bits per heavy atom. The standard InChI is InChI=1S/C25H34N6O.HI/c1-19(30-12-14-31(15-13-30)21-8-4-3-5-9-21)17-27-25(26-2)28-18-20-16-24(32)29-23-11-7-6-10-22(20)23;/h3-11,19-20H,12-18H2,1-2H3,(H,29,32)(H2,26,27,28);1H. The monoisotopic (exact) mass is 562 g/mol. The number of rotatable bonds is 6. The van der Waals surface area contributed by atoms with E-state index in [4.69, 9.17) is 0 Å². The van der Waals surface area contributed by atoms with Crippen LogP contribution in [0.25, 0.3) is 0 Å². The number of anilines is 2. The molecule has 0 bridgehead atoms. The molecule has 0 aliphatic carbocycles. The molecule has 1 fully saturated rings. The van der Waals surface area contributed by atoms with Gasteiger partial charge >= 0.3 is 0 Å². The van der Waals surface area contributed by atoms with Crippen LogP contribution in [0.2, 0.25) is 0 Å². The average Bonchev–Trinajstić information content (AvgIpc) is 2.84. The number of nitrogens with zero attached hydrogens (tertiary/aromatic N) is 3. The summed E-state index contributed by atoms with van der Waals surface area (Å²) in [6.45, 7) is 7.96. The van der Waals surface area contributed by atoms with Crippen molar-refractivity contribution in [2.24, 2.45) is 4.99 Å². The Morgan fingerprint density at radius 3 is 2.48 bits per heavy atom. The molecule has 2 aromatic rings. The van der Waals surface area contributed by atoms with Gasteiger partial charge in [0, 0.05) is 76.1 Å². The van der Waals surface area contributed by atoms with Crippen LogP contribution in [0.5, 0.6) is 0 Å². The summed E-state index contributed by atoms with van der Waals surface area (Å²) in [5.41, 5.74) is 3.40. The highest BCUT2D eigenvalue weighted by molar-refractivity contribution is 14.0. The third kappa shape index (κ3) is 6.60. The molecule has 2 aromatic carbocycles. The van der Waals surface area contributed by atoms with E-state index in [9.17, 15) is 4.79 Å².